The summed E-state index contributed by atoms with van der Waals surface area (Å²) < 4.78 is 62.7. The number of hydrogen-bond acceptors (Lipinski definition) is 12. The lowest BCUT2D eigenvalue weighted by molar-refractivity contribution is 0.0596. The van der Waals surface area contributed by atoms with E-state index in [1.807, 2.05) is 60.7 Å². The van der Waals surface area contributed by atoms with Crippen LogP contribution in [0.5, 0.6) is 17.2 Å². The number of amides is 1. The summed E-state index contributed by atoms with van der Waals surface area (Å²) in [6.07, 6.45) is -1.59. The summed E-state index contributed by atoms with van der Waals surface area (Å²) in [5.41, 5.74) is 7.73. The summed E-state index contributed by atoms with van der Waals surface area (Å²) >= 11 is 3.50. The van der Waals surface area contributed by atoms with Crippen LogP contribution in [0.25, 0.3) is 11.4 Å². The Morgan fingerprint density at radius 1 is 0.810 bits per heavy atom. The Kier molecular flexibility index (Phi) is 16.4. The summed E-state index contributed by atoms with van der Waals surface area (Å²) in [5.74, 6) is 2.15. The lowest BCUT2D eigenvalue weighted by Crippen LogP contribution is -2.51. The predicted molar refractivity (Wildman–Crippen MR) is 257 cm³/mol. The maximum absolute atomic E-state index is 15.9. The zero-order valence-electron chi connectivity index (χ0n) is 37.8. The van der Waals surface area contributed by atoms with Crippen molar-refractivity contribution in [1.29, 1.82) is 0 Å². The molecule has 0 unspecified atom stereocenters. The number of carbonyl (C=O) groups is 1. The van der Waals surface area contributed by atoms with Crippen molar-refractivity contribution in [2.45, 2.75) is 100 Å². The van der Waals surface area contributed by atoms with E-state index in [-0.39, 0.29) is 42.0 Å². The first-order valence-electron chi connectivity index (χ1n) is 20.3. The van der Waals surface area contributed by atoms with E-state index in [2.05, 4.69) is 87.5 Å². The lowest BCUT2D eigenvalue weighted by Gasteiger charge is -2.44. The summed E-state index contributed by atoms with van der Waals surface area (Å²) in [5, 5.41) is 13.0. The van der Waals surface area contributed by atoms with Crippen LogP contribution < -0.4 is 19.9 Å². The number of carbonyl (C=O) groups excluding carboxylic acids is 1. The van der Waals surface area contributed by atoms with Gasteiger partial charge in [-0.15, -0.1) is 22.0 Å². The number of primary amides is 1. The van der Waals surface area contributed by atoms with E-state index in [4.69, 9.17) is 34.2 Å². The van der Waals surface area contributed by atoms with Crippen molar-refractivity contribution in [3.63, 3.8) is 0 Å². The molecule has 0 bridgehead atoms. The summed E-state index contributed by atoms with van der Waals surface area (Å²) in [7, 11) is -2.17. The molecule has 1 amide bonds. The quantitative estimate of drug-likeness (QED) is 0.0473. The summed E-state index contributed by atoms with van der Waals surface area (Å²) in [4.78, 5) is 14.0. The molecule has 0 aliphatic carbocycles. The maximum Gasteiger partial charge on any atom is 0.404 e. The third-order valence-electron chi connectivity index (χ3n) is 11.0. The second kappa shape index (κ2) is 20.7. The Hall–Kier alpha value is -4.21. The van der Waals surface area contributed by atoms with Gasteiger partial charge in [0.25, 0.3) is 0 Å². The topological polar surface area (TPSA) is 170 Å². The van der Waals surface area contributed by atoms with Gasteiger partial charge in [-0.05, 0) is 117 Å². The van der Waals surface area contributed by atoms with Crippen LogP contribution >= 0.6 is 34.4 Å². The first-order chi connectivity index (χ1) is 29.6. The van der Waals surface area contributed by atoms with E-state index in [0.29, 0.717) is 31.3 Å². The molecule has 5 rings (SSSR count). The number of nitrogens with zero attached hydrogens (tertiary/aromatic N) is 5. The number of ether oxygens (including phenoxy) is 4. The maximum atomic E-state index is 15.9. The smallest absolute Gasteiger partial charge is 0.404 e. The van der Waals surface area contributed by atoms with Crippen molar-refractivity contribution in [3.8, 4) is 28.6 Å². The number of benzene rings is 4. The summed E-state index contributed by atoms with van der Waals surface area (Å²) in [6.45, 7) is 17.0. The van der Waals surface area contributed by atoms with Gasteiger partial charge in [-0.3, -0.25) is 0 Å². The molecular weight excluding hydrogens is 972 g/mol. The highest BCUT2D eigenvalue weighted by Gasteiger charge is 2.45. The average Bonchev–Trinajstić information content (AvgIpc) is 3.69. The Morgan fingerprint density at radius 3 is 1.75 bits per heavy atom. The average molecular weight is 1030 g/mol. The second-order valence-electron chi connectivity index (χ2n) is 17.7. The molecule has 0 fully saturated rings. The van der Waals surface area contributed by atoms with Crippen LogP contribution in [0.4, 0.5) is 4.79 Å². The highest BCUT2D eigenvalue weighted by atomic mass is 127. The number of sulfonamides is 1. The molecular formula is C45H59IN6O8S2Si. The van der Waals surface area contributed by atoms with Gasteiger partial charge < -0.3 is 29.1 Å². The standard InChI is InChI=1S/C45H59IN6O8S2Si/c1-44(2,3)41(37(29-59-43(47)53)60-63(10,11)45(4,5)6)61-38-25-24-36(46)39(42-48-50-52(49-42)28-32-16-22-35(58-9)23-17-32)40(38)62(54,55)51(26-30-12-18-33(56-7)19-13-30)27-31-14-20-34(57-8)21-15-31/h12-25,37,41H,26-29H2,1-11H3,(H2,47,53)/t37-,41+/m0/s1. The van der Waals surface area contributed by atoms with E-state index in [0.717, 1.165) is 16.7 Å². The Morgan fingerprint density at radius 2 is 1.30 bits per heavy atom. The molecule has 1 heterocycles. The van der Waals surface area contributed by atoms with Crippen molar-refractivity contribution in [2.75, 3.05) is 27.9 Å². The van der Waals surface area contributed by atoms with Crippen molar-refractivity contribution in [1.82, 2.24) is 24.5 Å². The Balaban J connectivity index is 1.74. The van der Waals surface area contributed by atoms with E-state index in [1.54, 1.807) is 45.6 Å². The number of aromatic nitrogens is 4. The first-order valence-corrected chi connectivity index (χ1v) is 26.6. The highest BCUT2D eigenvalue weighted by molar-refractivity contribution is 14.1. The van der Waals surface area contributed by atoms with E-state index in [9.17, 15) is 4.79 Å². The number of rotatable bonds is 19. The molecule has 0 saturated carbocycles. The van der Waals surface area contributed by atoms with Crippen molar-refractivity contribution in [2.24, 2.45) is 11.1 Å². The molecule has 4 aromatic carbocycles. The molecule has 0 aliphatic rings. The highest BCUT2D eigenvalue weighted by Crippen LogP contribution is 2.47. The number of halogens is 1. The lowest BCUT2D eigenvalue weighted by atomic mass is 9.88. The molecule has 0 saturated heterocycles. The fourth-order valence-electron chi connectivity index (χ4n) is 6.48. The monoisotopic (exact) mass is 1030 g/mol. The molecule has 0 radical (unpaired) electrons. The minimum Gasteiger partial charge on any atom is -0.497 e. The molecule has 0 aliphatic heterocycles. The van der Waals surface area contributed by atoms with Crippen molar-refractivity contribution in [3.05, 3.63) is 105 Å². The molecule has 1 aromatic heterocycles. The zero-order chi connectivity index (χ0) is 46.3. The summed E-state index contributed by atoms with van der Waals surface area (Å²) in [6, 6.07) is 25.8. The van der Waals surface area contributed by atoms with E-state index >= 15 is 8.42 Å². The predicted octanol–water partition coefficient (Wildman–Crippen LogP) is 9.40. The van der Waals surface area contributed by atoms with Gasteiger partial charge in [0.15, 0.2) is 8.32 Å². The third kappa shape index (κ3) is 12.7. The van der Waals surface area contributed by atoms with Crippen LogP contribution in [0.1, 0.15) is 58.2 Å². The van der Waals surface area contributed by atoms with Crippen molar-refractivity contribution < 1.29 is 36.6 Å². The normalized spacial score (nSPS) is 13.4. The largest absolute Gasteiger partial charge is 0.497 e. The number of hydrogen-bond donors (Lipinski definition) is 1. The van der Waals surface area contributed by atoms with Crippen LogP contribution in [-0.4, -0.2) is 86.6 Å². The van der Waals surface area contributed by atoms with Gasteiger partial charge in [-0.25, -0.2) is 13.2 Å². The fourth-order valence-corrected chi connectivity index (χ4v) is 12.2. The second-order valence-corrected chi connectivity index (χ2v) is 26.6. The minimum absolute atomic E-state index is 0.0153. The zero-order valence-corrected chi connectivity index (χ0v) is 42.6. The van der Waals surface area contributed by atoms with Gasteiger partial charge in [0.1, 0.15) is 28.8 Å². The first kappa shape index (κ1) is 49.8. The Bertz CT molecular complexity index is 2370. The van der Waals surface area contributed by atoms with E-state index < -0.39 is 41.2 Å². The van der Waals surface area contributed by atoms with Crippen molar-refractivity contribution >= 4 is 58.8 Å². The minimum atomic E-state index is -4.44. The molecule has 340 valence electrons. The van der Waals surface area contributed by atoms with Gasteiger partial charge >= 0.3 is 6.09 Å². The molecule has 5 aromatic rings. The van der Waals surface area contributed by atoms with Gasteiger partial charge in [0.05, 0.1) is 39.5 Å². The van der Waals surface area contributed by atoms with Crippen LogP contribution in [-0.2, 0) is 38.8 Å². The van der Waals surface area contributed by atoms with Crippen LogP contribution in [0.15, 0.2) is 94.7 Å². The number of nitrogens with two attached hydrogens (primary N) is 1. The molecule has 14 nitrogen and oxygen atoms in total. The molecule has 2 atom stereocenters. The molecule has 18 heteroatoms. The number of methoxy groups -OCH3 is 3. The van der Waals surface area contributed by atoms with Gasteiger partial charge in [0.2, 0.25) is 15.8 Å². The number of thioether (sulfide) groups is 1. The molecule has 2 N–H and O–H groups in total. The van der Waals surface area contributed by atoms with E-state index in [1.165, 1.54) is 20.9 Å². The number of tetrazole rings is 1. The van der Waals surface area contributed by atoms with Crippen LogP contribution in [0.3, 0.4) is 0 Å². The fraction of sp³-hybridized carbons (Fsp3) is 0.422. The van der Waals surface area contributed by atoms with Gasteiger partial charge in [0, 0.05) is 26.8 Å². The molecule has 63 heavy (non-hydrogen) atoms. The SMILES string of the molecule is COc1ccc(CN(Cc2ccc(OC)cc2)S(=O)(=O)c2c(S[C@H]([C@H](COC(N)=O)O[Si](C)(C)C(C)(C)C)C(C)(C)C)ccc(I)c2-c2nnn(Cc3ccc(OC)cc3)n2)cc1. The van der Waals surface area contributed by atoms with Crippen LogP contribution in [0.2, 0.25) is 18.1 Å². The van der Waals surface area contributed by atoms with Gasteiger partial charge in [-0.1, -0.05) is 77.9 Å². The molecule has 0 spiro atoms. The van der Waals surface area contributed by atoms with Crippen LogP contribution in [0, 0.1) is 8.99 Å². The third-order valence-corrected chi connectivity index (χ3v) is 20.2. The van der Waals surface area contributed by atoms with Gasteiger partial charge in [-0.2, -0.15) is 9.10 Å². The Labute approximate surface area is 390 Å².